The van der Waals surface area contributed by atoms with Gasteiger partial charge in [-0.2, -0.15) is 0 Å². The van der Waals surface area contributed by atoms with Gasteiger partial charge in [-0.1, -0.05) is 47.5 Å². The van der Waals surface area contributed by atoms with Gasteiger partial charge in [0, 0.05) is 25.2 Å². The van der Waals surface area contributed by atoms with Crippen LogP contribution in [0.1, 0.15) is 71.4 Å². The van der Waals surface area contributed by atoms with Crippen molar-refractivity contribution in [2.24, 2.45) is 11.1 Å². The fourth-order valence-corrected chi connectivity index (χ4v) is 3.37. The molecule has 0 atom stereocenters. The maximum absolute atomic E-state index is 6.25. The minimum atomic E-state index is 0. The Bertz CT molecular complexity index is 638. The Labute approximate surface area is 177 Å². The number of unbranched alkanes of at least 4 members (excludes halogenated alkanes) is 2. The summed E-state index contributed by atoms with van der Waals surface area (Å²) in [6, 6.07) is 6.38. The van der Waals surface area contributed by atoms with Gasteiger partial charge in [0.2, 0.25) is 0 Å². The fourth-order valence-electron chi connectivity index (χ4n) is 3.37. The zero-order valence-corrected chi connectivity index (χ0v) is 19.2. The lowest BCUT2D eigenvalue weighted by atomic mass is 9.92. The van der Waals surface area contributed by atoms with E-state index in [4.69, 9.17) is 15.2 Å². The quantitative estimate of drug-likeness (QED) is 0.510. The second-order valence-electron chi connectivity index (χ2n) is 8.62. The van der Waals surface area contributed by atoms with Crippen molar-refractivity contribution in [2.45, 2.75) is 66.8 Å². The van der Waals surface area contributed by atoms with E-state index in [9.17, 15) is 0 Å². The largest absolute Gasteiger partial charge is 0.494 e. The topological polar surface area (TPSA) is 47.7 Å². The predicted molar refractivity (Wildman–Crippen MR) is 121 cm³/mol. The molecule has 0 amide bonds. The molecular formula is C23H39ClN2O2. The van der Waals surface area contributed by atoms with Gasteiger partial charge >= 0.3 is 0 Å². The van der Waals surface area contributed by atoms with Crippen LogP contribution in [0.4, 0.5) is 0 Å². The summed E-state index contributed by atoms with van der Waals surface area (Å²) in [5.74, 6) is 1.90. The first-order valence-electron chi connectivity index (χ1n) is 10.5. The molecule has 2 N–H and O–H groups in total. The molecular weight excluding hydrogens is 372 g/mol. The van der Waals surface area contributed by atoms with Gasteiger partial charge in [0.15, 0.2) is 0 Å². The third-order valence-corrected chi connectivity index (χ3v) is 4.70. The Kier molecular flexibility index (Phi) is 10.2. The number of ether oxygens (including phenoxy) is 2. The normalized spacial score (nSPS) is 13.9. The fraction of sp³-hybridized carbons (Fsp3) is 0.652. The standard InChI is InChI=1S/C23H38N2O2.ClH/c1-6-8-12-26-19-10-11-20-18(14-19)16-25(17-23(3,4)5)21(15-24)22(20)27-13-9-7-2;/h10-11,14H,6-9,12-13,15-17,24H2,1-5H3;1H. The van der Waals surface area contributed by atoms with Crippen molar-refractivity contribution in [1.82, 2.24) is 4.90 Å². The zero-order valence-electron chi connectivity index (χ0n) is 18.3. The highest BCUT2D eigenvalue weighted by atomic mass is 35.5. The lowest BCUT2D eigenvalue weighted by Gasteiger charge is -2.38. The van der Waals surface area contributed by atoms with Gasteiger partial charge in [-0.25, -0.2) is 0 Å². The molecule has 0 bridgehead atoms. The number of hydrogen-bond donors (Lipinski definition) is 1. The third kappa shape index (κ3) is 6.89. The molecule has 1 aromatic rings. The van der Waals surface area contributed by atoms with Gasteiger partial charge in [-0.05, 0) is 42.0 Å². The summed E-state index contributed by atoms with van der Waals surface area (Å²) in [6.45, 7) is 14.9. The van der Waals surface area contributed by atoms with E-state index in [2.05, 4.69) is 57.7 Å². The molecule has 0 unspecified atom stereocenters. The summed E-state index contributed by atoms with van der Waals surface area (Å²) in [5, 5.41) is 0. The van der Waals surface area contributed by atoms with Crippen molar-refractivity contribution < 1.29 is 9.47 Å². The van der Waals surface area contributed by atoms with Gasteiger partial charge in [-0.3, -0.25) is 0 Å². The number of nitrogens with zero attached hydrogens (tertiary/aromatic N) is 1. The van der Waals surface area contributed by atoms with E-state index in [-0.39, 0.29) is 17.8 Å². The number of fused-ring (bicyclic) bond motifs is 1. The number of nitrogens with two attached hydrogens (primary N) is 1. The minimum Gasteiger partial charge on any atom is -0.494 e. The van der Waals surface area contributed by atoms with Gasteiger partial charge in [0.25, 0.3) is 0 Å². The maximum Gasteiger partial charge on any atom is 0.147 e. The summed E-state index contributed by atoms with van der Waals surface area (Å²) in [5.41, 5.74) is 9.90. The van der Waals surface area contributed by atoms with Crippen LogP contribution in [0.5, 0.6) is 5.75 Å². The van der Waals surface area contributed by atoms with Crippen molar-refractivity contribution in [3.8, 4) is 5.75 Å². The first-order chi connectivity index (χ1) is 12.9. The van der Waals surface area contributed by atoms with Crippen LogP contribution >= 0.6 is 12.4 Å². The Morgan fingerprint density at radius 3 is 2.25 bits per heavy atom. The lowest BCUT2D eigenvalue weighted by Crippen LogP contribution is -2.37. The average molecular weight is 411 g/mol. The summed E-state index contributed by atoms with van der Waals surface area (Å²) >= 11 is 0. The van der Waals surface area contributed by atoms with Crippen LogP contribution in [-0.4, -0.2) is 31.2 Å². The molecule has 2 rings (SSSR count). The summed E-state index contributed by atoms with van der Waals surface area (Å²) in [6.07, 6.45) is 4.39. The highest BCUT2D eigenvalue weighted by molar-refractivity contribution is 5.85. The van der Waals surface area contributed by atoms with E-state index in [1.807, 2.05) is 0 Å². The molecule has 0 saturated heterocycles. The molecule has 0 aromatic heterocycles. The first kappa shape index (κ1) is 24.6. The first-order valence-corrected chi connectivity index (χ1v) is 10.5. The summed E-state index contributed by atoms with van der Waals surface area (Å²) in [4.78, 5) is 2.39. The number of benzene rings is 1. The smallest absolute Gasteiger partial charge is 0.147 e. The predicted octanol–water partition coefficient (Wildman–Crippen LogP) is 5.59. The molecule has 4 nitrogen and oxygen atoms in total. The van der Waals surface area contributed by atoms with E-state index >= 15 is 0 Å². The van der Waals surface area contributed by atoms with Gasteiger partial charge < -0.3 is 20.1 Å². The van der Waals surface area contributed by atoms with E-state index in [1.54, 1.807) is 0 Å². The van der Waals surface area contributed by atoms with Gasteiger partial charge in [0.05, 0.1) is 18.9 Å². The molecule has 0 fully saturated rings. The minimum absolute atomic E-state index is 0. The third-order valence-electron chi connectivity index (χ3n) is 4.70. The van der Waals surface area contributed by atoms with E-state index < -0.39 is 0 Å². The molecule has 1 aliphatic heterocycles. The van der Waals surface area contributed by atoms with Crippen LogP contribution < -0.4 is 10.5 Å². The van der Waals surface area contributed by atoms with E-state index in [0.717, 1.165) is 69.2 Å². The highest BCUT2D eigenvalue weighted by Crippen LogP contribution is 2.36. The molecule has 5 heteroatoms. The molecule has 1 aromatic carbocycles. The van der Waals surface area contributed by atoms with E-state index in [1.165, 1.54) is 11.1 Å². The van der Waals surface area contributed by atoms with Crippen molar-refractivity contribution in [2.75, 3.05) is 26.3 Å². The molecule has 28 heavy (non-hydrogen) atoms. The maximum atomic E-state index is 6.25. The molecule has 1 aliphatic rings. The van der Waals surface area contributed by atoms with Crippen LogP contribution in [0.25, 0.3) is 5.76 Å². The van der Waals surface area contributed by atoms with Gasteiger partial charge in [-0.15, -0.1) is 12.4 Å². The summed E-state index contributed by atoms with van der Waals surface area (Å²) in [7, 11) is 0. The molecule has 0 aliphatic carbocycles. The molecule has 1 heterocycles. The van der Waals surface area contributed by atoms with Crippen LogP contribution in [0.2, 0.25) is 0 Å². The van der Waals surface area contributed by atoms with Crippen LogP contribution in [0.15, 0.2) is 23.9 Å². The number of hydrogen-bond acceptors (Lipinski definition) is 4. The molecule has 160 valence electrons. The molecule has 0 radical (unpaired) electrons. The van der Waals surface area contributed by atoms with Crippen molar-refractivity contribution in [3.05, 3.63) is 35.0 Å². The SMILES string of the molecule is CCCCOC1=C(CN)N(CC(C)(C)C)Cc2cc(OCCCC)ccc21.Cl. The van der Waals surface area contributed by atoms with Crippen molar-refractivity contribution in [1.29, 1.82) is 0 Å². The van der Waals surface area contributed by atoms with E-state index in [0.29, 0.717) is 6.54 Å². The lowest BCUT2D eigenvalue weighted by molar-refractivity contribution is 0.201. The molecule has 0 saturated carbocycles. The highest BCUT2D eigenvalue weighted by Gasteiger charge is 2.28. The Morgan fingerprint density at radius 1 is 1.04 bits per heavy atom. The zero-order chi connectivity index (χ0) is 19.9. The van der Waals surface area contributed by atoms with Crippen LogP contribution in [0, 0.1) is 5.41 Å². The van der Waals surface area contributed by atoms with Crippen LogP contribution in [0.3, 0.4) is 0 Å². The Balaban J connectivity index is 0.00000392. The van der Waals surface area contributed by atoms with Gasteiger partial charge in [0.1, 0.15) is 11.5 Å². The summed E-state index contributed by atoms with van der Waals surface area (Å²) < 4.78 is 12.2. The Hall–Kier alpha value is -1.39. The average Bonchev–Trinajstić information content (AvgIpc) is 2.60. The number of rotatable bonds is 10. The molecule has 0 spiro atoms. The second kappa shape index (κ2) is 11.6. The number of halogens is 1. The Morgan fingerprint density at radius 2 is 1.68 bits per heavy atom. The van der Waals surface area contributed by atoms with Crippen molar-refractivity contribution in [3.63, 3.8) is 0 Å². The van der Waals surface area contributed by atoms with Crippen LogP contribution in [-0.2, 0) is 11.3 Å². The monoisotopic (exact) mass is 410 g/mol. The van der Waals surface area contributed by atoms with Crippen molar-refractivity contribution >= 4 is 18.2 Å². The second-order valence-corrected chi connectivity index (χ2v) is 8.62.